The predicted molar refractivity (Wildman–Crippen MR) is 102 cm³/mol. The summed E-state index contributed by atoms with van der Waals surface area (Å²) < 4.78 is 7.90. The standard InChI is InChI=1S/C18H16ClN7O3/c1-11-14(26-10-20-9-22-26)7-21-25(18(11)28)8-17-23-16(24-29-17)6-15(27)12-2-4-13(19)5-3-12/h2-5,7,9-10,15,27H,6,8H2,1H3/t15-/m0/s1. The lowest BCUT2D eigenvalue weighted by molar-refractivity contribution is 0.174. The van der Waals surface area contributed by atoms with E-state index in [1.165, 1.54) is 28.2 Å². The molecule has 0 saturated heterocycles. The minimum atomic E-state index is -0.803. The Morgan fingerprint density at radius 3 is 2.76 bits per heavy atom. The van der Waals surface area contributed by atoms with Crippen LogP contribution in [0.3, 0.4) is 0 Å². The van der Waals surface area contributed by atoms with Crippen LogP contribution >= 0.6 is 11.6 Å². The van der Waals surface area contributed by atoms with Gasteiger partial charge in [-0.3, -0.25) is 4.79 Å². The summed E-state index contributed by atoms with van der Waals surface area (Å²) in [7, 11) is 0. The molecule has 4 rings (SSSR count). The maximum absolute atomic E-state index is 12.6. The van der Waals surface area contributed by atoms with Crippen LogP contribution in [0.2, 0.25) is 5.02 Å². The molecular weight excluding hydrogens is 398 g/mol. The average molecular weight is 414 g/mol. The second kappa shape index (κ2) is 7.94. The first kappa shape index (κ1) is 19.0. The molecule has 0 bridgehead atoms. The maximum Gasteiger partial charge on any atom is 0.272 e. The number of aromatic nitrogens is 7. The van der Waals surface area contributed by atoms with Crippen molar-refractivity contribution in [2.75, 3.05) is 0 Å². The lowest BCUT2D eigenvalue weighted by Gasteiger charge is -2.08. The number of rotatable bonds is 6. The number of aliphatic hydroxyl groups is 1. The highest BCUT2D eigenvalue weighted by Gasteiger charge is 2.16. The van der Waals surface area contributed by atoms with E-state index in [2.05, 4.69) is 25.3 Å². The number of aliphatic hydroxyl groups excluding tert-OH is 1. The quantitative estimate of drug-likeness (QED) is 0.504. The molecule has 3 aromatic heterocycles. The second-order valence-corrected chi connectivity index (χ2v) is 6.77. The molecule has 11 heteroatoms. The zero-order chi connectivity index (χ0) is 20.4. The van der Waals surface area contributed by atoms with Gasteiger partial charge in [-0.25, -0.2) is 14.3 Å². The second-order valence-electron chi connectivity index (χ2n) is 6.33. The van der Waals surface area contributed by atoms with Gasteiger partial charge in [0.15, 0.2) is 5.82 Å². The molecule has 0 fully saturated rings. The molecule has 0 aliphatic heterocycles. The molecule has 0 radical (unpaired) electrons. The van der Waals surface area contributed by atoms with Gasteiger partial charge in [-0.05, 0) is 24.6 Å². The molecule has 0 aliphatic rings. The number of hydrogen-bond acceptors (Lipinski definition) is 8. The number of benzene rings is 1. The van der Waals surface area contributed by atoms with Gasteiger partial charge in [0.05, 0.1) is 18.0 Å². The molecule has 0 aliphatic carbocycles. The first-order valence-electron chi connectivity index (χ1n) is 8.68. The van der Waals surface area contributed by atoms with E-state index in [1.807, 2.05) is 0 Å². The van der Waals surface area contributed by atoms with Crippen LogP contribution in [0.4, 0.5) is 0 Å². The van der Waals surface area contributed by atoms with E-state index in [-0.39, 0.29) is 24.4 Å². The van der Waals surface area contributed by atoms with Gasteiger partial charge < -0.3 is 9.63 Å². The Morgan fingerprint density at radius 2 is 2.03 bits per heavy atom. The maximum atomic E-state index is 12.6. The van der Waals surface area contributed by atoms with Crippen molar-refractivity contribution in [2.24, 2.45) is 0 Å². The highest BCUT2D eigenvalue weighted by Crippen LogP contribution is 2.19. The summed E-state index contributed by atoms with van der Waals surface area (Å²) in [5.74, 6) is 0.539. The van der Waals surface area contributed by atoms with Gasteiger partial charge in [0.1, 0.15) is 19.2 Å². The first-order valence-corrected chi connectivity index (χ1v) is 9.06. The highest BCUT2D eigenvalue weighted by atomic mass is 35.5. The Kier molecular flexibility index (Phi) is 5.19. The molecule has 4 aromatic rings. The minimum absolute atomic E-state index is 0.0152. The van der Waals surface area contributed by atoms with Gasteiger partial charge in [0.2, 0.25) is 5.89 Å². The fourth-order valence-electron chi connectivity index (χ4n) is 2.79. The van der Waals surface area contributed by atoms with Gasteiger partial charge >= 0.3 is 0 Å². The topological polar surface area (TPSA) is 125 Å². The van der Waals surface area contributed by atoms with Crippen molar-refractivity contribution in [3.8, 4) is 5.69 Å². The summed E-state index contributed by atoms with van der Waals surface area (Å²) in [5, 5.41) is 22.9. The van der Waals surface area contributed by atoms with Crippen LogP contribution in [-0.4, -0.2) is 39.8 Å². The Bertz CT molecular complexity index is 1170. The zero-order valence-electron chi connectivity index (χ0n) is 15.3. The summed E-state index contributed by atoms with van der Waals surface area (Å²) in [6.45, 7) is 1.70. The lowest BCUT2D eigenvalue weighted by Crippen LogP contribution is -2.27. The average Bonchev–Trinajstić information content (AvgIpc) is 3.38. The van der Waals surface area contributed by atoms with Crippen LogP contribution in [0.15, 0.2) is 52.4 Å². The Hall–Kier alpha value is -3.37. The van der Waals surface area contributed by atoms with Crippen LogP contribution in [0.1, 0.15) is 28.9 Å². The van der Waals surface area contributed by atoms with E-state index in [1.54, 1.807) is 31.2 Å². The third-order valence-electron chi connectivity index (χ3n) is 4.35. The summed E-state index contributed by atoms with van der Waals surface area (Å²) >= 11 is 5.86. The van der Waals surface area contributed by atoms with Crippen LogP contribution < -0.4 is 5.56 Å². The summed E-state index contributed by atoms with van der Waals surface area (Å²) in [6.07, 6.45) is 3.75. The molecule has 0 saturated carbocycles. The van der Waals surface area contributed by atoms with Gasteiger partial charge in [0.25, 0.3) is 5.56 Å². The van der Waals surface area contributed by atoms with Gasteiger partial charge in [-0.1, -0.05) is 28.9 Å². The minimum Gasteiger partial charge on any atom is -0.388 e. The van der Waals surface area contributed by atoms with Gasteiger partial charge in [-0.2, -0.15) is 15.2 Å². The number of hydrogen-bond donors (Lipinski definition) is 1. The Balaban J connectivity index is 1.48. The lowest BCUT2D eigenvalue weighted by atomic mass is 10.1. The van der Waals surface area contributed by atoms with E-state index in [4.69, 9.17) is 16.1 Å². The van der Waals surface area contributed by atoms with Crippen molar-refractivity contribution < 1.29 is 9.63 Å². The molecule has 148 valence electrons. The van der Waals surface area contributed by atoms with Crippen molar-refractivity contribution in [3.05, 3.63) is 81.3 Å². The Morgan fingerprint density at radius 1 is 1.24 bits per heavy atom. The summed E-state index contributed by atoms with van der Waals surface area (Å²) in [5.41, 5.74) is 1.39. The third-order valence-corrected chi connectivity index (χ3v) is 4.60. The fourth-order valence-corrected chi connectivity index (χ4v) is 2.92. The molecule has 1 atom stereocenters. The molecule has 3 heterocycles. The molecule has 0 unspecified atom stereocenters. The Labute approximate surface area is 169 Å². The fraction of sp³-hybridized carbons (Fsp3) is 0.222. The first-order chi connectivity index (χ1) is 14.0. The molecule has 29 heavy (non-hydrogen) atoms. The predicted octanol–water partition coefficient (Wildman–Crippen LogP) is 1.49. The summed E-state index contributed by atoms with van der Waals surface area (Å²) in [4.78, 5) is 20.7. The van der Waals surface area contributed by atoms with Crippen molar-refractivity contribution >= 4 is 11.6 Å². The normalized spacial score (nSPS) is 12.2. The van der Waals surface area contributed by atoms with Gasteiger partial charge in [-0.15, -0.1) is 0 Å². The molecule has 1 aromatic carbocycles. The highest BCUT2D eigenvalue weighted by molar-refractivity contribution is 6.30. The molecule has 0 amide bonds. The molecule has 0 spiro atoms. The van der Waals surface area contributed by atoms with Crippen molar-refractivity contribution in [1.29, 1.82) is 0 Å². The largest absolute Gasteiger partial charge is 0.388 e. The van der Waals surface area contributed by atoms with Gasteiger partial charge in [0, 0.05) is 17.0 Å². The number of halogens is 1. The monoisotopic (exact) mass is 413 g/mol. The molecular formula is C18H16ClN7O3. The van der Waals surface area contributed by atoms with E-state index in [0.29, 0.717) is 27.7 Å². The molecule has 1 N–H and O–H groups in total. The van der Waals surface area contributed by atoms with Crippen LogP contribution in [0.5, 0.6) is 0 Å². The van der Waals surface area contributed by atoms with Crippen molar-refractivity contribution in [1.82, 2.24) is 34.7 Å². The third kappa shape index (κ3) is 4.08. The SMILES string of the molecule is Cc1c(-n2cncn2)cnn(Cc2nc(C[C@H](O)c3ccc(Cl)cc3)no2)c1=O. The van der Waals surface area contributed by atoms with Crippen molar-refractivity contribution in [3.63, 3.8) is 0 Å². The van der Waals surface area contributed by atoms with E-state index in [9.17, 15) is 9.90 Å². The van der Waals surface area contributed by atoms with Crippen LogP contribution in [0.25, 0.3) is 5.69 Å². The molecule has 10 nitrogen and oxygen atoms in total. The smallest absolute Gasteiger partial charge is 0.272 e. The van der Waals surface area contributed by atoms with E-state index in [0.717, 1.165) is 0 Å². The van der Waals surface area contributed by atoms with E-state index >= 15 is 0 Å². The summed E-state index contributed by atoms with van der Waals surface area (Å²) in [6, 6.07) is 6.87. The van der Waals surface area contributed by atoms with Crippen LogP contribution in [0, 0.1) is 6.92 Å². The zero-order valence-corrected chi connectivity index (χ0v) is 16.1. The van der Waals surface area contributed by atoms with Crippen molar-refractivity contribution in [2.45, 2.75) is 26.0 Å². The van der Waals surface area contributed by atoms with Crippen LogP contribution in [-0.2, 0) is 13.0 Å². The number of nitrogens with zero attached hydrogens (tertiary/aromatic N) is 7. The van der Waals surface area contributed by atoms with E-state index < -0.39 is 6.10 Å².